The van der Waals surface area contributed by atoms with E-state index in [0.717, 1.165) is 4.90 Å². The molecule has 9 nitrogen and oxygen atoms in total. The number of hydrogen-bond acceptors (Lipinski definition) is 5. The van der Waals surface area contributed by atoms with Gasteiger partial charge < -0.3 is 15.7 Å². The van der Waals surface area contributed by atoms with Gasteiger partial charge in [-0.2, -0.15) is 0 Å². The highest BCUT2D eigenvalue weighted by molar-refractivity contribution is 6.23. The lowest BCUT2D eigenvalue weighted by atomic mass is 10.1. The van der Waals surface area contributed by atoms with Crippen LogP contribution in [0.25, 0.3) is 0 Å². The smallest absolute Gasteiger partial charge is 0.322 e. The van der Waals surface area contributed by atoms with Gasteiger partial charge in [-0.25, -0.2) is 0 Å². The molecule has 4 amide bonds. The number of amides is 4. The SMILES string of the molecule is CC(C(=O)Nc1ccc(C(=O)NCC(=O)O)cc1)N1C(=O)c2ccccc2C1=O. The summed E-state index contributed by atoms with van der Waals surface area (Å²) in [6.07, 6.45) is 0. The van der Waals surface area contributed by atoms with Crippen LogP contribution in [0.5, 0.6) is 0 Å². The second kappa shape index (κ2) is 7.93. The first-order chi connectivity index (χ1) is 13.8. The Labute approximate surface area is 165 Å². The predicted molar refractivity (Wildman–Crippen MR) is 101 cm³/mol. The van der Waals surface area contributed by atoms with Gasteiger partial charge in [-0.3, -0.25) is 28.9 Å². The summed E-state index contributed by atoms with van der Waals surface area (Å²) in [7, 11) is 0. The van der Waals surface area contributed by atoms with Crippen molar-refractivity contribution in [3.63, 3.8) is 0 Å². The van der Waals surface area contributed by atoms with Gasteiger partial charge in [-0.15, -0.1) is 0 Å². The number of imide groups is 1. The number of carbonyl (C=O) groups is 5. The van der Waals surface area contributed by atoms with Crippen molar-refractivity contribution in [2.45, 2.75) is 13.0 Å². The number of hydrogen-bond donors (Lipinski definition) is 3. The van der Waals surface area contributed by atoms with Gasteiger partial charge in [-0.1, -0.05) is 12.1 Å². The van der Waals surface area contributed by atoms with E-state index in [0.29, 0.717) is 5.69 Å². The number of fused-ring (bicyclic) bond motifs is 1. The van der Waals surface area contributed by atoms with Gasteiger partial charge in [0.1, 0.15) is 12.6 Å². The van der Waals surface area contributed by atoms with Crippen LogP contribution in [0.1, 0.15) is 38.0 Å². The molecule has 0 radical (unpaired) electrons. The largest absolute Gasteiger partial charge is 0.480 e. The highest BCUT2D eigenvalue weighted by Gasteiger charge is 2.40. The van der Waals surface area contributed by atoms with E-state index in [1.165, 1.54) is 43.3 Å². The number of aliphatic carboxylic acids is 1. The molecule has 0 fully saturated rings. The molecule has 1 unspecified atom stereocenters. The molecule has 0 saturated heterocycles. The Hall–Kier alpha value is -4.01. The molecule has 9 heteroatoms. The van der Waals surface area contributed by atoms with Gasteiger partial charge in [-0.05, 0) is 43.3 Å². The van der Waals surface area contributed by atoms with Crippen LogP contribution in [-0.4, -0.2) is 52.2 Å². The maximum atomic E-state index is 12.5. The Balaban J connectivity index is 1.66. The molecule has 2 aromatic carbocycles. The predicted octanol–water partition coefficient (Wildman–Crippen LogP) is 1.12. The number of benzene rings is 2. The fourth-order valence-electron chi connectivity index (χ4n) is 2.89. The van der Waals surface area contributed by atoms with E-state index in [9.17, 15) is 24.0 Å². The number of carbonyl (C=O) groups excluding carboxylic acids is 4. The van der Waals surface area contributed by atoms with Gasteiger partial charge in [0, 0.05) is 11.3 Å². The monoisotopic (exact) mass is 395 g/mol. The Morgan fingerprint density at radius 2 is 1.52 bits per heavy atom. The van der Waals surface area contributed by atoms with Crippen LogP contribution in [0.3, 0.4) is 0 Å². The van der Waals surface area contributed by atoms with E-state index >= 15 is 0 Å². The molecule has 148 valence electrons. The molecule has 1 heterocycles. The highest BCUT2D eigenvalue weighted by atomic mass is 16.4. The molecule has 3 rings (SSSR count). The van der Waals surface area contributed by atoms with Crippen molar-refractivity contribution in [3.05, 3.63) is 65.2 Å². The summed E-state index contributed by atoms with van der Waals surface area (Å²) in [5, 5.41) is 13.4. The zero-order valence-corrected chi connectivity index (χ0v) is 15.3. The molecule has 29 heavy (non-hydrogen) atoms. The van der Waals surface area contributed by atoms with Crippen molar-refractivity contribution in [3.8, 4) is 0 Å². The van der Waals surface area contributed by atoms with Crippen molar-refractivity contribution >= 4 is 35.3 Å². The zero-order chi connectivity index (χ0) is 21.1. The molecule has 0 saturated carbocycles. The van der Waals surface area contributed by atoms with Crippen molar-refractivity contribution in [2.24, 2.45) is 0 Å². The molecule has 2 aromatic rings. The van der Waals surface area contributed by atoms with E-state index in [1.54, 1.807) is 12.1 Å². The van der Waals surface area contributed by atoms with Crippen LogP contribution < -0.4 is 10.6 Å². The third-order valence-corrected chi connectivity index (χ3v) is 4.41. The number of rotatable bonds is 6. The normalized spacial score (nSPS) is 13.6. The topological polar surface area (TPSA) is 133 Å². The Morgan fingerprint density at radius 3 is 2.03 bits per heavy atom. The average Bonchev–Trinajstić information content (AvgIpc) is 2.96. The summed E-state index contributed by atoms with van der Waals surface area (Å²) in [5.74, 6) is -3.35. The van der Waals surface area contributed by atoms with Crippen molar-refractivity contribution in [1.82, 2.24) is 10.2 Å². The molecule has 1 aliphatic rings. The van der Waals surface area contributed by atoms with Crippen LogP contribution in [0.2, 0.25) is 0 Å². The zero-order valence-electron chi connectivity index (χ0n) is 15.3. The second-order valence-electron chi connectivity index (χ2n) is 6.34. The molecule has 1 aliphatic heterocycles. The molecule has 0 aromatic heterocycles. The summed E-state index contributed by atoms with van der Waals surface area (Å²) >= 11 is 0. The number of carboxylic acid groups (broad SMARTS) is 1. The standard InChI is InChI=1S/C20H17N3O6/c1-11(23-19(28)14-4-2-3-5-15(14)20(23)29)17(26)22-13-8-6-12(7-9-13)18(27)21-10-16(24)25/h2-9,11H,10H2,1H3,(H,21,27)(H,22,26)(H,24,25). The van der Waals surface area contributed by atoms with E-state index in [1.807, 2.05) is 0 Å². The molecular weight excluding hydrogens is 378 g/mol. The Morgan fingerprint density at radius 1 is 0.966 bits per heavy atom. The number of nitrogens with zero attached hydrogens (tertiary/aromatic N) is 1. The molecule has 3 N–H and O–H groups in total. The van der Waals surface area contributed by atoms with Crippen molar-refractivity contribution < 1.29 is 29.1 Å². The first-order valence-corrected chi connectivity index (χ1v) is 8.67. The van der Waals surface area contributed by atoms with Crippen LogP contribution >= 0.6 is 0 Å². The lowest BCUT2D eigenvalue weighted by molar-refractivity contribution is -0.135. The number of nitrogens with one attached hydrogen (secondary N) is 2. The summed E-state index contributed by atoms with van der Waals surface area (Å²) in [6, 6.07) is 11.1. The van der Waals surface area contributed by atoms with Gasteiger partial charge in [0.2, 0.25) is 5.91 Å². The third-order valence-electron chi connectivity index (χ3n) is 4.41. The van der Waals surface area contributed by atoms with Crippen LogP contribution in [0, 0.1) is 0 Å². The van der Waals surface area contributed by atoms with E-state index in [-0.39, 0.29) is 16.7 Å². The fourth-order valence-corrected chi connectivity index (χ4v) is 2.89. The summed E-state index contributed by atoms with van der Waals surface area (Å²) in [6.45, 7) is 0.944. The molecule has 0 bridgehead atoms. The number of carboxylic acids is 1. The van der Waals surface area contributed by atoms with Crippen LogP contribution in [0.4, 0.5) is 5.69 Å². The minimum atomic E-state index is -1.16. The molecule has 0 aliphatic carbocycles. The highest BCUT2D eigenvalue weighted by Crippen LogP contribution is 2.25. The lowest BCUT2D eigenvalue weighted by Gasteiger charge is -2.21. The average molecular weight is 395 g/mol. The minimum absolute atomic E-state index is 0.220. The molecular formula is C20H17N3O6. The maximum absolute atomic E-state index is 12.5. The maximum Gasteiger partial charge on any atom is 0.322 e. The summed E-state index contributed by atoms with van der Waals surface area (Å²) in [5.41, 5.74) is 1.09. The third kappa shape index (κ3) is 3.98. The number of anilines is 1. The van der Waals surface area contributed by atoms with E-state index in [4.69, 9.17) is 5.11 Å². The second-order valence-corrected chi connectivity index (χ2v) is 6.34. The lowest BCUT2D eigenvalue weighted by Crippen LogP contribution is -2.45. The molecule has 1 atom stereocenters. The minimum Gasteiger partial charge on any atom is -0.480 e. The quantitative estimate of drug-likeness (QED) is 0.628. The van der Waals surface area contributed by atoms with Gasteiger partial charge in [0.05, 0.1) is 11.1 Å². The van der Waals surface area contributed by atoms with E-state index in [2.05, 4.69) is 10.6 Å². The van der Waals surface area contributed by atoms with Crippen LogP contribution in [-0.2, 0) is 9.59 Å². The van der Waals surface area contributed by atoms with Crippen molar-refractivity contribution in [1.29, 1.82) is 0 Å². The molecule has 0 spiro atoms. The van der Waals surface area contributed by atoms with Gasteiger partial charge in [0.25, 0.3) is 17.7 Å². The van der Waals surface area contributed by atoms with Crippen LogP contribution in [0.15, 0.2) is 48.5 Å². The van der Waals surface area contributed by atoms with Crippen molar-refractivity contribution in [2.75, 3.05) is 11.9 Å². The van der Waals surface area contributed by atoms with E-state index < -0.39 is 42.2 Å². The first-order valence-electron chi connectivity index (χ1n) is 8.67. The fraction of sp³-hybridized carbons (Fsp3) is 0.150. The first kappa shape index (κ1) is 19.7. The Kier molecular flexibility index (Phi) is 5.40. The summed E-state index contributed by atoms with van der Waals surface area (Å²) in [4.78, 5) is 60.7. The Bertz CT molecular complexity index is 980. The van der Waals surface area contributed by atoms with Gasteiger partial charge in [0.15, 0.2) is 0 Å². The summed E-state index contributed by atoms with van der Waals surface area (Å²) < 4.78 is 0. The van der Waals surface area contributed by atoms with Gasteiger partial charge >= 0.3 is 5.97 Å².